The van der Waals surface area contributed by atoms with Gasteiger partial charge in [-0.2, -0.15) is 5.10 Å². The van der Waals surface area contributed by atoms with Crippen LogP contribution >= 0.6 is 0 Å². The molecule has 2 aromatic rings. The van der Waals surface area contributed by atoms with Gasteiger partial charge in [-0.25, -0.2) is 4.79 Å². The lowest BCUT2D eigenvalue weighted by molar-refractivity contribution is -0.146. The summed E-state index contributed by atoms with van der Waals surface area (Å²) < 4.78 is 1.28. The van der Waals surface area contributed by atoms with Crippen molar-refractivity contribution in [2.24, 2.45) is 0 Å². The van der Waals surface area contributed by atoms with Crippen molar-refractivity contribution in [3.63, 3.8) is 0 Å². The minimum atomic E-state index is -1.23. The molecule has 2 aromatic heterocycles. The van der Waals surface area contributed by atoms with E-state index in [1.54, 1.807) is 6.92 Å². The molecule has 1 aliphatic carbocycles. The molecule has 0 unspecified atom stereocenters. The monoisotopic (exact) mass is 344 g/mol. The molecule has 0 saturated heterocycles. The molecule has 3 N–H and O–H groups in total. The van der Waals surface area contributed by atoms with Gasteiger partial charge in [0, 0.05) is 23.9 Å². The summed E-state index contributed by atoms with van der Waals surface area (Å²) in [5.41, 5.74) is 1.59. The summed E-state index contributed by atoms with van der Waals surface area (Å²) in [6.07, 6.45) is 4.90. The molecule has 0 radical (unpaired) electrons. The van der Waals surface area contributed by atoms with Gasteiger partial charge in [0.2, 0.25) is 0 Å². The van der Waals surface area contributed by atoms with Crippen molar-refractivity contribution in [1.29, 1.82) is 0 Å². The Balaban J connectivity index is 1.84. The number of aromatic amines is 1. The summed E-state index contributed by atoms with van der Waals surface area (Å²) >= 11 is 0. The molecule has 8 heteroatoms. The summed E-state index contributed by atoms with van der Waals surface area (Å²) in [7, 11) is 0. The first kappa shape index (κ1) is 16.9. The van der Waals surface area contributed by atoms with Crippen molar-refractivity contribution < 1.29 is 19.5 Å². The number of carbonyl (C=O) groups excluding carboxylic acids is 2. The number of nitrogens with one attached hydrogen (secondary N) is 2. The number of carbonyl (C=O) groups is 3. The van der Waals surface area contributed by atoms with E-state index < -0.39 is 11.5 Å². The van der Waals surface area contributed by atoms with Gasteiger partial charge in [0.05, 0.1) is 11.9 Å². The maximum absolute atomic E-state index is 12.5. The third kappa shape index (κ3) is 2.84. The van der Waals surface area contributed by atoms with E-state index in [0.717, 1.165) is 18.5 Å². The molecule has 2 heterocycles. The highest BCUT2D eigenvalue weighted by Gasteiger charge is 2.31. The molecule has 0 aliphatic heterocycles. The smallest absolute Gasteiger partial charge is 0.331 e. The number of fused-ring (bicyclic) bond motifs is 1. The molecular formula is C17H20N4O4. The Kier molecular flexibility index (Phi) is 3.98. The van der Waals surface area contributed by atoms with Crippen LogP contribution in [0.25, 0.3) is 0 Å². The second kappa shape index (κ2) is 5.87. The molecule has 0 fully saturated rings. The normalized spacial score (nSPS) is 14.3. The zero-order chi connectivity index (χ0) is 18.4. The number of aromatic nitrogens is 3. The number of carboxylic acid groups (broad SMARTS) is 1. The van der Waals surface area contributed by atoms with E-state index in [1.165, 1.54) is 30.9 Å². The van der Waals surface area contributed by atoms with Crippen molar-refractivity contribution >= 4 is 23.3 Å². The average molecular weight is 344 g/mol. The lowest BCUT2D eigenvalue weighted by Gasteiger charge is -2.19. The quantitative estimate of drug-likeness (QED) is 0.785. The van der Waals surface area contributed by atoms with Crippen molar-refractivity contribution in [2.75, 3.05) is 5.32 Å². The van der Waals surface area contributed by atoms with Crippen LogP contribution in [0.2, 0.25) is 0 Å². The van der Waals surface area contributed by atoms with Gasteiger partial charge in [0.25, 0.3) is 5.91 Å². The topological polar surface area (TPSA) is 117 Å². The second-order valence-corrected chi connectivity index (χ2v) is 6.75. The fourth-order valence-corrected chi connectivity index (χ4v) is 2.99. The molecule has 0 bridgehead atoms. The predicted octanol–water partition coefficient (Wildman–Crippen LogP) is 2.11. The van der Waals surface area contributed by atoms with Crippen LogP contribution in [0.5, 0.6) is 0 Å². The van der Waals surface area contributed by atoms with Gasteiger partial charge in [-0.05, 0) is 39.2 Å². The number of ketones is 1. The lowest BCUT2D eigenvalue weighted by Crippen LogP contribution is -2.35. The summed E-state index contributed by atoms with van der Waals surface area (Å²) in [6.45, 7) is 4.79. The Morgan fingerprint density at radius 1 is 1.36 bits per heavy atom. The molecule has 0 aromatic carbocycles. The number of amides is 1. The molecule has 0 saturated carbocycles. The van der Waals surface area contributed by atoms with E-state index in [4.69, 9.17) is 0 Å². The molecule has 25 heavy (non-hydrogen) atoms. The maximum Gasteiger partial charge on any atom is 0.331 e. The highest BCUT2D eigenvalue weighted by atomic mass is 16.4. The fourth-order valence-electron chi connectivity index (χ4n) is 2.99. The van der Waals surface area contributed by atoms with Gasteiger partial charge in [-0.1, -0.05) is 0 Å². The number of Topliss-reactive ketones (excluding diaryl/α,β-unsaturated/α-hetero) is 1. The number of hydrogen-bond acceptors (Lipinski definition) is 4. The van der Waals surface area contributed by atoms with Gasteiger partial charge < -0.3 is 15.4 Å². The van der Waals surface area contributed by atoms with Crippen LogP contribution < -0.4 is 5.32 Å². The van der Waals surface area contributed by atoms with E-state index in [1.807, 2.05) is 0 Å². The SMILES string of the molecule is Cc1c(C(=O)Nc2cnn(C(C)(C)C(=O)O)c2)[nH]c2c1C(=O)CCC2. The van der Waals surface area contributed by atoms with Crippen LogP contribution in [0, 0.1) is 6.92 Å². The van der Waals surface area contributed by atoms with Crippen LogP contribution in [-0.2, 0) is 16.8 Å². The third-order valence-corrected chi connectivity index (χ3v) is 4.60. The van der Waals surface area contributed by atoms with Crippen molar-refractivity contribution in [1.82, 2.24) is 14.8 Å². The summed E-state index contributed by atoms with van der Waals surface area (Å²) in [5, 5.41) is 15.9. The molecule has 1 aliphatic rings. The summed E-state index contributed by atoms with van der Waals surface area (Å²) in [6, 6.07) is 0. The highest BCUT2D eigenvalue weighted by molar-refractivity contribution is 6.08. The number of hydrogen-bond donors (Lipinski definition) is 3. The van der Waals surface area contributed by atoms with Gasteiger partial charge in [-0.3, -0.25) is 14.3 Å². The van der Waals surface area contributed by atoms with Gasteiger partial charge in [0.1, 0.15) is 5.69 Å². The van der Waals surface area contributed by atoms with Crippen LogP contribution in [-0.4, -0.2) is 37.5 Å². The van der Waals surface area contributed by atoms with E-state index in [0.29, 0.717) is 28.9 Å². The molecular weight excluding hydrogens is 324 g/mol. The van der Waals surface area contributed by atoms with Gasteiger partial charge >= 0.3 is 5.97 Å². The lowest BCUT2D eigenvalue weighted by atomic mass is 9.94. The molecule has 132 valence electrons. The van der Waals surface area contributed by atoms with Crippen LogP contribution in [0.3, 0.4) is 0 Å². The Morgan fingerprint density at radius 3 is 2.72 bits per heavy atom. The van der Waals surface area contributed by atoms with E-state index >= 15 is 0 Å². The highest BCUT2D eigenvalue weighted by Crippen LogP contribution is 2.27. The summed E-state index contributed by atoms with van der Waals surface area (Å²) in [4.78, 5) is 38.9. The molecule has 1 amide bonds. The van der Waals surface area contributed by atoms with E-state index in [-0.39, 0.29) is 11.7 Å². The Hall–Kier alpha value is -2.90. The first-order valence-electron chi connectivity index (χ1n) is 8.06. The Bertz CT molecular complexity index is 875. The number of aliphatic carboxylic acids is 1. The minimum Gasteiger partial charge on any atom is -0.479 e. The first-order valence-corrected chi connectivity index (χ1v) is 8.06. The number of aryl methyl sites for hydroxylation is 1. The fraction of sp³-hybridized carbons (Fsp3) is 0.412. The molecule has 3 rings (SSSR count). The first-order chi connectivity index (χ1) is 11.7. The Labute approximate surface area is 144 Å². The van der Waals surface area contributed by atoms with Crippen LogP contribution in [0.4, 0.5) is 5.69 Å². The predicted molar refractivity (Wildman–Crippen MR) is 89.9 cm³/mol. The van der Waals surface area contributed by atoms with Crippen molar-refractivity contribution in [3.05, 3.63) is 34.9 Å². The van der Waals surface area contributed by atoms with Crippen LogP contribution in [0.1, 0.15) is 58.8 Å². The number of H-pyrrole nitrogens is 1. The van der Waals surface area contributed by atoms with E-state index in [2.05, 4.69) is 15.4 Å². The third-order valence-electron chi connectivity index (χ3n) is 4.60. The van der Waals surface area contributed by atoms with Crippen molar-refractivity contribution in [3.8, 4) is 0 Å². The number of anilines is 1. The average Bonchev–Trinajstić information content (AvgIpc) is 3.13. The standard InChI is InChI=1S/C17H20N4O4/c1-9-13-11(5-4-6-12(13)22)20-14(9)15(23)19-10-7-18-21(8-10)17(2,3)16(24)25/h7-8,20H,4-6H2,1-3H3,(H,19,23)(H,24,25). The Morgan fingerprint density at radius 2 is 2.08 bits per heavy atom. The second-order valence-electron chi connectivity index (χ2n) is 6.75. The largest absolute Gasteiger partial charge is 0.479 e. The minimum absolute atomic E-state index is 0.0603. The molecule has 8 nitrogen and oxygen atoms in total. The maximum atomic E-state index is 12.5. The van der Waals surface area contributed by atoms with Gasteiger partial charge in [0.15, 0.2) is 11.3 Å². The zero-order valence-corrected chi connectivity index (χ0v) is 14.3. The van der Waals surface area contributed by atoms with E-state index in [9.17, 15) is 19.5 Å². The number of rotatable bonds is 4. The zero-order valence-electron chi connectivity index (χ0n) is 14.3. The van der Waals surface area contributed by atoms with Crippen LogP contribution in [0.15, 0.2) is 12.4 Å². The van der Waals surface area contributed by atoms with Crippen molar-refractivity contribution in [2.45, 2.75) is 45.6 Å². The number of carboxylic acids is 1. The number of nitrogens with zero attached hydrogens (tertiary/aromatic N) is 2. The summed E-state index contributed by atoms with van der Waals surface area (Å²) in [5.74, 6) is -1.35. The molecule has 0 spiro atoms. The van der Waals surface area contributed by atoms with Gasteiger partial charge in [-0.15, -0.1) is 0 Å². The molecule has 0 atom stereocenters.